The molecule has 0 saturated carbocycles. The Bertz CT molecular complexity index is 2440. The Morgan fingerprint density at radius 3 is 1.38 bits per heavy atom. The molecule has 2 heterocycles. The van der Waals surface area contributed by atoms with Gasteiger partial charge in [0, 0.05) is 41.0 Å². The lowest BCUT2D eigenvalue weighted by Gasteiger charge is -2.33. The van der Waals surface area contributed by atoms with E-state index in [1.165, 1.54) is 267 Å². The van der Waals surface area contributed by atoms with Crippen LogP contribution >= 0.6 is 0 Å². The minimum Gasteiger partial charge on any atom is -0.364 e. The summed E-state index contributed by atoms with van der Waals surface area (Å²) in [5, 5.41) is 5.57. The first-order valence-electron chi connectivity index (χ1n) is 32.6. The Kier molecular flexibility index (Phi) is 25.2. The van der Waals surface area contributed by atoms with Crippen LogP contribution in [-0.2, 0) is 10.8 Å². The van der Waals surface area contributed by atoms with Gasteiger partial charge in [-0.2, -0.15) is 0 Å². The van der Waals surface area contributed by atoms with E-state index in [0.29, 0.717) is 6.04 Å². The number of fused-ring (bicyclic) bond motifs is 6. The number of benzene rings is 4. The first kappa shape index (κ1) is 59.6. The molecule has 2 nitrogen and oxygen atoms in total. The molecule has 1 unspecified atom stereocenters. The van der Waals surface area contributed by atoms with Crippen molar-refractivity contribution in [3.8, 4) is 0 Å². The molecule has 4 aromatic carbocycles. The molecule has 0 bridgehead atoms. The number of rotatable bonds is 37. The fourth-order valence-electron chi connectivity index (χ4n) is 13.9. The Balaban J connectivity index is 0.952. The molecule has 0 radical (unpaired) electrons. The first-order valence-corrected chi connectivity index (χ1v) is 32.6. The molecule has 1 atom stereocenters. The second-order valence-electron chi connectivity index (χ2n) is 25.3. The van der Waals surface area contributed by atoms with Crippen LogP contribution in [0, 0.1) is 0 Å². The van der Waals surface area contributed by atoms with E-state index in [1.54, 1.807) is 5.56 Å². The molecule has 0 N–H and O–H groups in total. The summed E-state index contributed by atoms with van der Waals surface area (Å²) < 4.78 is 0. The van der Waals surface area contributed by atoms with Gasteiger partial charge in [-0.3, -0.25) is 0 Å². The normalized spacial score (nSPS) is 18.0. The molecule has 3 aliphatic rings. The lowest BCUT2D eigenvalue weighted by Crippen LogP contribution is -2.40. The van der Waals surface area contributed by atoms with Crippen molar-refractivity contribution in [3.63, 3.8) is 0 Å². The van der Waals surface area contributed by atoms with Crippen LogP contribution in [0.15, 0.2) is 120 Å². The molecule has 0 spiro atoms. The van der Waals surface area contributed by atoms with Crippen LogP contribution in [0.1, 0.15) is 277 Å². The third-order valence-corrected chi connectivity index (χ3v) is 18.4. The molecular formula is C74H110N2. The summed E-state index contributed by atoms with van der Waals surface area (Å²) in [6.07, 6.45) is 61.3. The summed E-state index contributed by atoms with van der Waals surface area (Å²) in [6.45, 7) is 16.9. The van der Waals surface area contributed by atoms with Crippen molar-refractivity contribution in [2.75, 3.05) is 22.9 Å². The number of hydrogen-bond donors (Lipinski definition) is 0. The summed E-state index contributed by atoms with van der Waals surface area (Å²) in [6, 6.07) is 28.2. The van der Waals surface area contributed by atoms with Crippen molar-refractivity contribution in [2.45, 2.75) is 283 Å². The molecule has 4 aromatic rings. The number of nitrogens with zero attached hydrogens (tertiary/aromatic N) is 2. The van der Waals surface area contributed by atoms with Crippen LogP contribution < -0.4 is 9.80 Å². The van der Waals surface area contributed by atoms with Gasteiger partial charge >= 0.3 is 0 Å². The predicted molar refractivity (Wildman–Crippen MR) is 339 cm³/mol. The molecule has 0 fully saturated rings. The monoisotopic (exact) mass is 1030 g/mol. The van der Waals surface area contributed by atoms with Crippen LogP contribution in [0.5, 0.6) is 0 Å². The molecule has 2 aliphatic heterocycles. The minimum absolute atomic E-state index is 0.00315. The van der Waals surface area contributed by atoms with E-state index in [9.17, 15) is 0 Å². The van der Waals surface area contributed by atoms with Crippen LogP contribution in [0.25, 0.3) is 21.5 Å². The van der Waals surface area contributed by atoms with Gasteiger partial charge < -0.3 is 9.80 Å². The van der Waals surface area contributed by atoms with E-state index in [0.717, 1.165) is 25.9 Å². The molecule has 416 valence electrons. The highest BCUT2D eigenvalue weighted by Crippen LogP contribution is 2.52. The topological polar surface area (TPSA) is 6.48 Å². The molecule has 76 heavy (non-hydrogen) atoms. The van der Waals surface area contributed by atoms with Gasteiger partial charge in [-0.25, -0.2) is 0 Å². The lowest BCUT2D eigenvalue weighted by molar-refractivity contribution is 0.469. The Morgan fingerprint density at radius 2 is 0.882 bits per heavy atom. The van der Waals surface area contributed by atoms with Gasteiger partial charge in [0.1, 0.15) is 0 Å². The average molecular weight is 1030 g/mol. The maximum absolute atomic E-state index is 2.80. The molecule has 0 saturated heterocycles. The maximum atomic E-state index is 2.80. The fraction of sp³-hybridized carbons (Fsp3) is 0.622. The third-order valence-electron chi connectivity index (χ3n) is 18.4. The van der Waals surface area contributed by atoms with E-state index in [2.05, 4.69) is 155 Å². The zero-order valence-corrected chi connectivity index (χ0v) is 49.9. The largest absolute Gasteiger partial charge is 0.364 e. The second kappa shape index (κ2) is 32.1. The summed E-state index contributed by atoms with van der Waals surface area (Å²) in [7, 11) is 0. The molecule has 2 heteroatoms. The van der Waals surface area contributed by atoms with Crippen LogP contribution in [0.4, 0.5) is 11.4 Å². The Hall–Kier alpha value is -4.04. The van der Waals surface area contributed by atoms with E-state index in [-0.39, 0.29) is 10.8 Å². The summed E-state index contributed by atoms with van der Waals surface area (Å²) >= 11 is 0. The van der Waals surface area contributed by atoms with Gasteiger partial charge in [0.2, 0.25) is 0 Å². The second-order valence-corrected chi connectivity index (χ2v) is 25.3. The zero-order valence-electron chi connectivity index (χ0n) is 49.9. The Labute approximate surface area is 467 Å². The number of anilines is 2. The van der Waals surface area contributed by atoms with Gasteiger partial charge in [-0.1, -0.05) is 319 Å². The Morgan fingerprint density at radius 1 is 0.447 bits per heavy atom. The van der Waals surface area contributed by atoms with E-state index < -0.39 is 0 Å². The SMILES string of the molecule is CCCCCCCCCCCCCCCCCCN1/C(=C/C=C2C=C(/C=C/C3N(CCCCCCCCCCCCCCCCCC)c4ccc5ccccc5c4C3(C)C)CCC/2)C(C)(C)c2c1ccc1ccccc21. The number of unbranched alkanes of at least 4 members (excludes halogenated alkanes) is 30. The zero-order chi connectivity index (χ0) is 53.3. The average Bonchev–Trinajstić information content (AvgIpc) is 3.87. The van der Waals surface area contributed by atoms with Gasteiger partial charge in [0.25, 0.3) is 0 Å². The van der Waals surface area contributed by atoms with Crippen molar-refractivity contribution in [2.24, 2.45) is 0 Å². The van der Waals surface area contributed by atoms with Crippen molar-refractivity contribution < 1.29 is 0 Å². The van der Waals surface area contributed by atoms with Crippen molar-refractivity contribution in [1.29, 1.82) is 0 Å². The van der Waals surface area contributed by atoms with Crippen molar-refractivity contribution >= 4 is 32.9 Å². The minimum atomic E-state index is -0.0769. The van der Waals surface area contributed by atoms with Gasteiger partial charge in [-0.05, 0) is 94.1 Å². The predicted octanol–water partition coefficient (Wildman–Crippen LogP) is 23.3. The van der Waals surface area contributed by atoms with Crippen LogP contribution in [0.3, 0.4) is 0 Å². The quantitative estimate of drug-likeness (QED) is 0.0415. The van der Waals surface area contributed by atoms with Crippen molar-refractivity contribution in [3.05, 3.63) is 131 Å². The molecule has 0 aromatic heterocycles. The first-order chi connectivity index (χ1) is 37.3. The smallest absolute Gasteiger partial charge is 0.0568 e. The standard InChI is InChI=1S/C74H110N2/c1-7-9-11-13-15-17-19-21-23-25-27-29-31-33-35-41-58-75-67-54-52-63-46-37-39-48-65(63)71(67)73(3,4)69(75)56-50-61-44-43-45-62(60-61)51-57-70-74(5,6)72-66-49-40-38-47-64(66)53-55-68(72)76(70)59-42-36-34-32-30-28-26-24-22-20-18-16-14-12-10-8-2/h37-40,46-57,60,69H,7-36,41-45,58-59H2,1-6H3/b56-50+,62-51+,70-57+. The van der Waals surface area contributed by atoms with E-state index >= 15 is 0 Å². The highest BCUT2D eigenvalue weighted by molar-refractivity contribution is 5.95. The van der Waals surface area contributed by atoms with Crippen molar-refractivity contribution in [1.82, 2.24) is 0 Å². The third kappa shape index (κ3) is 17.0. The lowest BCUT2D eigenvalue weighted by atomic mass is 9.78. The molecule has 1 aliphatic carbocycles. The highest BCUT2D eigenvalue weighted by atomic mass is 15.2. The summed E-state index contributed by atoms with van der Waals surface area (Å²) in [4.78, 5) is 5.51. The van der Waals surface area contributed by atoms with Crippen LogP contribution in [0.2, 0.25) is 0 Å². The number of allylic oxidation sites excluding steroid dienone is 7. The van der Waals surface area contributed by atoms with E-state index in [4.69, 9.17) is 0 Å². The van der Waals surface area contributed by atoms with Gasteiger partial charge in [-0.15, -0.1) is 0 Å². The summed E-state index contributed by atoms with van der Waals surface area (Å²) in [5.74, 6) is 0. The maximum Gasteiger partial charge on any atom is 0.0568 e. The summed E-state index contributed by atoms with van der Waals surface area (Å²) in [5.41, 5.74) is 10.3. The highest BCUT2D eigenvalue weighted by Gasteiger charge is 2.44. The van der Waals surface area contributed by atoms with Gasteiger partial charge in [0.15, 0.2) is 0 Å². The molecule has 7 rings (SSSR count). The molecular weight excluding hydrogens is 917 g/mol. The van der Waals surface area contributed by atoms with E-state index in [1.807, 2.05) is 0 Å². The van der Waals surface area contributed by atoms with Crippen LogP contribution in [-0.4, -0.2) is 19.1 Å². The van der Waals surface area contributed by atoms with Gasteiger partial charge in [0.05, 0.1) is 6.04 Å². The molecule has 0 amide bonds. The number of hydrogen-bond acceptors (Lipinski definition) is 2. The fourth-order valence-corrected chi connectivity index (χ4v) is 13.9.